The lowest BCUT2D eigenvalue weighted by molar-refractivity contribution is -0.0325. The van der Waals surface area contributed by atoms with E-state index in [0.717, 1.165) is 37.5 Å². The van der Waals surface area contributed by atoms with Crippen LogP contribution in [0.25, 0.3) is 0 Å². The summed E-state index contributed by atoms with van der Waals surface area (Å²) in [6, 6.07) is 0. The minimum atomic E-state index is -0.460. The van der Waals surface area contributed by atoms with Crippen molar-refractivity contribution in [2.45, 2.75) is 76.4 Å². The summed E-state index contributed by atoms with van der Waals surface area (Å²) >= 11 is 0. The summed E-state index contributed by atoms with van der Waals surface area (Å²) in [7, 11) is 0. The third-order valence-electron chi connectivity index (χ3n) is 8.22. The molecule has 2 N–H and O–H groups in total. The van der Waals surface area contributed by atoms with Gasteiger partial charge in [-0.25, -0.2) is 0 Å². The van der Waals surface area contributed by atoms with Crippen LogP contribution in [-0.2, 0) is 0 Å². The molecular weight excluding hydrogens is 272 g/mol. The van der Waals surface area contributed by atoms with E-state index in [-0.39, 0.29) is 11.5 Å². The van der Waals surface area contributed by atoms with Crippen molar-refractivity contribution in [3.63, 3.8) is 0 Å². The maximum absolute atomic E-state index is 10.7. The number of aliphatic hydroxyl groups excluding tert-OH is 1. The number of fused-ring (bicyclic) bond motifs is 5. The Kier molecular flexibility index (Phi) is 2.68. The van der Waals surface area contributed by atoms with Crippen LogP contribution in [0.4, 0.5) is 0 Å². The molecule has 2 nitrogen and oxygen atoms in total. The fourth-order valence-corrected chi connectivity index (χ4v) is 6.70. The second kappa shape index (κ2) is 4.27. The molecule has 2 heteroatoms. The third-order valence-corrected chi connectivity index (χ3v) is 8.22. The van der Waals surface area contributed by atoms with Crippen molar-refractivity contribution < 1.29 is 10.2 Å². The van der Waals surface area contributed by atoms with Crippen LogP contribution >= 0.6 is 0 Å². The fraction of sp³-hybridized carbons (Fsp3) is 0.800. The van der Waals surface area contributed by atoms with Gasteiger partial charge < -0.3 is 10.2 Å². The Labute approximate surface area is 133 Å². The lowest BCUT2D eigenvalue weighted by atomic mass is 9.53. The standard InChI is InChI=1S/C20H28O2/c1-19-8-7-14-15(17(19)4-5-18(19)21)3-2-12-11-20(22)9-6-13(20)10-16(12)14/h10,14-15,17-18,21-22H,2-9,11H2,1H3/t14-,15+,17-,18-,19-,20?/m0/s1. The van der Waals surface area contributed by atoms with E-state index in [9.17, 15) is 10.2 Å². The molecule has 0 saturated heterocycles. The first-order valence-electron chi connectivity index (χ1n) is 9.35. The van der Waals surface area contributed by atoms with Gasteiger partial charge >= 0.3 is 0 Å². The van der Waals surface area contributed by atoms with Crippen molar-refractivity contribution >= 4 is 0 Å². The van der Waals surface area contributed by atoms with E-state index in [1.165, 1.54) is 37.7 Å². The molecule has 3 saturated carbocycles. The van der Waals surface area contributed by atoms with Crippen LogP contribution < -0.4 is 0 Å². The predicted molar refractivity (Wildman–Crippen MR) is 86.2 cm³/mol. The zero-order valence-corrected chi connectivity index (χ0v) is 13.6. The van der Waals surface area contributed by atoms with Crippen molar-refractivity contribution in [2.75, 3.05) is 0 Å². The number of hydrogen-bond donors (Lipinski definition) is 2. The molecule has 5 rings (SSSR count). The maximum atomic E-state index is 10.7. The van der Waals surface area contributed by atoms with Crippen LogP contribution in [0, 0.1) is 23.2 Å². The van der Waals surface area contributed by atoms with Gasteiger partial charge in [0.05, 0.1) is 11.7 Å². The van der Waals surface area contributed by atoms with Gasteiger partial charge in [-0.2, -0.15) is 0 Å². The summed E-state index contributed by atoms with van der Waals surface area (Å²) in [6.45, 7) is 2.35. The summed E-state index contributed by atoms with van der Waals surface area (Å²) in [5.74, 6) is 2.21. The lowest BCUT2D eigenvalue weighted by Gasteiger charge is -2.53. The molecule has 5 aliphatic carbocycles. The van der Waals surface area contributed by atoms with Gasteiger partial charge in [-0.1, -0.05) is 18.6 Å². The molecule has 0 heterocycles. The third kappa shape index (κ3) is 1.58. The zero-order chi connectivity index (χ0) is 15.1. The Balaban J connectivity index is 1.50. The molecule has 5 aliphatic rings. The van der Waals surface area contributed by atoms with Crippen LogP contribution in [0.15, 0.2) is 22.8 Å². The minimum absolute atomic E-state index is 0.0738. The van der Waals surface area contributed by atoms with Gasteiger partial charge in [0.2, 0.25) is 0 Å². The highest BCUT2D eigenvalue weighted by Gasteiger charge is 2.55. The molecule has 0 spiro atoms. The van der Waals surface area contributed by atoms with E-state index in [4.69, 9.17) is 0 Å². The molecule has 0 bridgehead atoms. The molecule has 0 aromatic carbocycles. The van der Waals surface area contributed by atoms with E-state index >= 15 is 0 Å². The highest BCUT2D eigenvalue weighted by molar-refractivity contribution is 5.46. The predicted octanol–water partition coefficient (Wildman–Crippen LogP) is 3.74. The fourth-order valence-electron chi connectivity index (χ4n) is 6.70. The first-order chi connectivity index (χ1) is 10.5. The van der Waals surface area contributed by atoms with E-state index in [2.05, 4.69) is 13.0 Å². The number of rotatable bonds is 0. The Bertz CT molecular complexity index is 589. The molecule has 0 amide bonds. The Hall–Kier alpha value is -0.600. The van der Waals surface area contributed by atoms with Crippen molar-refractivity contribution in [3.05, 3.63) is 22.8 Å². The molecule has 0 aromatic heterocycles. The molecule has 120 valence electrons. The summed E-state index contributed by atoms with van der Waals surface area (Å²) in [6.07, 6.45) is 12.5. The number of hydrogen-bond acceptors (Lipinski definition) is 2. The maximum Gasteiger partial charge on any atom is 0.0900 e. The van der Waals surface area contributed by atoms with Crippen LogP contribution in [0.2, 0.25) is 0 Å². The second-order valence-corrected chi connectivity index (χ2v) is 8.99. The van der Waals surface area contributed by atoms with Gasteiger partial charge in [0.15, 0.2) is 0 Å². The van der Waals surface area contributed by atoms with Gasteiger partial charge in [0.1, 0.15) is 0 Å². The van der Waals surface area contributed by atoms with Crippen LogP contribution in [0.3, 0.4) is 0 Å². The van der Waals surface area contributed by atoms with Crippen molar-refractivity contribution in [2.24, 2.45) is 23.2 Å². The SMILES string of the molecule is C[C@]12CC[C@@H]3C4=C(CC[C@H]3[C@@H]1CC[C@@H]2O)CC1(O)CCC1=C4. The smallest absolute Gasteiger partial charge is 0.0900 e. The second-order valence-electron chi connectivity index (χ2n) is 8.99. The van der Waals surface area contributed by atoms with E-state index in [0.29, 0.717) is 5.92 Å². The van der Waals surface area contributed by atoms with Gasteiger partial charge in [-0.3, -0.25) is 0 Å². The topological polar surface area (TPSA) is 40.5 Å². The molecule has 0 radical (unpaired) electrons. The lowest BCUT2D eigenvalue weighted by Crippen LogP contribution is -2.47. The zero-order valence-electron chi connectivity index (χ0n) is 13.6. The van der Waals surface area contributed by atoms with Crippen LogP contribution in [0.1, 0.15) is 64.7 Å². The van der Waals surface area contributed by atoms with Crippen molar-refractivity contribution in [1.29, 1.82) is 0 Å². The van der Waals surface area contributed by atoms with E-state index in [1.54, 1.807) is 11.1 Å². The summed E-state index contributed by atoms with van der Waals surface area (Å²) in [4.78, 5) is 0. The average molecular weight is 300 g/mol. The molecule has 3 fully saturated rings. The van der Waals surface area contributed by atoms with Gasteiger partial charge in [-0.05, 0) is 85.7 Å². The van der Waals surface area contributed by atoms with E-state index < -0.39 is 5.60 Å². The van der Waals surface area contributed by atoms with Gasteiger partial charge in [-0.15, -0.1) is 0 Å². The summed E-state index contributed by atoms with van der Waals surface area (Å²) < 4.78 is 0. The highest BCUT2D eigenvalue weighted by Crippen LogP contribution is 2.62. The molecule has 22 heavy (non-hydrogen) atoms. The molecule has 6 atom stereocenters. The molecular formula is C20H28O2. The van der Waals surface area contributed by atoms with Crippen LogP contribution in [0.5, 0.6) is 0 Å². The number of aliphatic hydroxyl groups is 2. The van der Waals surface area contributed by atoms with Gasteiger partial charge in [0, 0.05) is 6.42 Å². The monoisotopic (exact) mass is 300 g/mol. The first-order valence-corrected chi connectivity index (χ1v) is 9.35. The molecule has 1 unspecified atom stereocenters. The summed E-state index contributed by atoms with van der Waals surface area (Å²) in [5, 5.41) is 21.1. The average Bonchev–Trinajstić information content (AvgIpc) is 2.79. The van der Waals surface area contributed by atoms with Crippen molar-refractivity contribution in [1.82, 2.24) is 0 Å². The van der Waals surface area contributed by atoms with Gasteiger partial charge in [0.25, 0.3) is 0 Å². The van der Waals surface area contributed by atoms with Crippen molar-refractivity contribution in [3.8, 4) is 0 Å². The Morgan fingerprint density at radius 2 is 1.95 bits per heavy atom. The minimum Gasteiger partial charge on any atom is -0.393 e. The Morgan fingerprint density at radius 1 is 1.09 bits per heavy atom. The molecule has 0 aromatic rings. The first kappa shape index (κ1) is 13.8. The molecule has 0 aliphatic heterocycles. The van der Waals surface area contributed by atoms with Crippen LogP contribution in [-0.4, -0.2) is 21.9 Å². The largest absolute Gasteiger partial charge is 0.393 e. The Morgan fingerprint density at radius 3 is 2.73 bits per heavy atom. The van der Waals surface area contributed by atoms with E-state index in [1.807, 2.05) is 0 Å². The highest BCUT2D eigenvalue weighted by atomic mass is 16.3. The normalized spacial score (nSPS) is 53.0. The number of allylic oxidation sites excluding steroid dienone is 2. The quantitative estimate of drug-likeness (QED) is 0.715. The summed E-state index contributed by atoms with van der Waals surface area (Å²) in [5.41, 5.74) is 4.21.